The highest BCUT2D eigenvalue weighted by Gasteiger charge is 2.32. The molecule has 3 aromatic rings. The highest BCUT2D eigenvalue weighted by Crippen LogP contribution is 2.32. The summed E-state index contributed by atoms with van der Waals surface area (Å²) in [4.78, 5) is 13.7. The van der Waals surface area contributed by atoms with Crippen molar-refractivity contribution in [1.29, 1.82) is 0 Å². The Hall–Kier alpha value is -2.65. The van der Waals surface area contributed by atoms with Gasteiger partial charge in [0, 0.05) is 5.69 Å². The number of carbonyl (C=O) groups is 1. The number of amides is 1. The summed E-state index contributed by atoms with van der Waals surface area (Å²) in [7, 11) is -3.07. The van der Waals surface area contributed by atoms with Crippen LogP contribution in [0.15, 0.2) is 47.8 Å². The second-order valence-electron chi connectivity index (χ2n) is 6.81. The van der Waals surface area contributed by atoms with Crippen LogP contribution < -0.4 is 10.1 Å². The lowest BCUT2D eigenvalue weighted by molar-refractivity contribution is 0.102. The van der Waals surface area contributed by atoms with Crippen LogP contribution in [0, 0.1) is 0 Å². The van der Waals surface area contributed by atoms with Gasteiger partial charge in [0.25, 0.3) is 5.91 Å². The quantitative estimate of drug-likeness (QED) is 0.644. The van der Waals surface area contributed by atoms with E-state index in [4.69, 9.17) is 4.74 Å². The lowest BCUT2D eigenvalue weighted by Gasteiger charge is -2.12. The maximum absolute atomic E-state index is 12.8. The first-order chi connectivity index (χ1) is 13.9. The first kappa shape index (κ1) is 19.7. The van der Waals surface area contributed by atoms with Gasteiger partial charge in [-0.25, -0.2) is 8.42 Å². The molecule has 29 heavy (non-hydrogen) atoms. The van der Waals surface area contributed by atoms with E-state index >= 15 is 0 Å². The molecule has 1 aliphatic heterocycles. The molecule has 9 heteroatoms. The third kappa shape index (κ3) is 4.35. The molecule has 1 atom stereocenters. The van der Waals surface area contributed by atoms with Crippen molar-refractivity contribution in [3.63, 3.8) is 0 Å². The molecule has 0 unspecified atom stereocenters. The highest BCUT2D eigenvalue weighted by molar-refractivity contribution is 7.91. The fraction of sp³-hybridized carbons (Fsp3) is 0.300. The molecule has 152 valence electrons. The summed E-state index contributed by atoms with van der Waals surface area (Å²) in [5.74, 6) is 0.589. The van der Waals surface area contributed by atoms with Gasteiger partial charge in [0.2, 0.25) is 0 Å². The zero-order valence-electron chi connectivity index (χ0n) is 15.9. The Kier molecular flexibility index (Phi) is 5.42. The maximum atomic E-state index is 12.8. The summed E-state index contributed by atoms with van der Waals surface area (Å²) < 4.78 is 31.0. The Bertz CT molecular complexity index is 1100. The van der Waals surface area contributed by atoms with E-state index in [1.165, 1.54) is 11.3 Å². The van der Waals surface area contributed by atoms with Gasteiger partial charge in [0.15, 0.2) is 15.5 Å². The normalized spacial score (nSPS) is 17.9. The minimum atomic E-state index is -3.07. The van der Waals surface area contributed by atoms with Crippen molar-refractivity contribution < 1.29 is 17.9 Å². The van der Waals surface area contributed by atoms with Gasteiger partial charge in [-0.3, -0.25) is 9.48 Å². The summed E-state index contributed by atoms with van der Waals surface area (Å²) >= 11 is 1.53. The van der Waals surface area contributed by atoms with Gasteiger partial charge in [-0.1, -0.05) is 6.07 Å². The minimum absolute atomic E-state index is 0.0486. The molecule has 1 aromatic carbocycles. The molecule has 0 radical (unpaired) electrons. The first-order valence-corrected chi connectivity index (χ1v) is 12.0. The predicted molar refractivity (Wildman–Crippen MR) is 113 cm³/mol. The van der Waals surface area contributed by atoms with Crippen LogP contribution in [0.25, 0.3) is 10.6 Å². The van der Waals surface area contributed by atoms with Gasteiger partial charge in [0.1, 0.15) is 5.75 Å². The van der Waals surface area contributed by atoms with Crippen molar-refractivity contribution in [3.05, 3.63) is 53.5 Å². The third-order valence-electron chi connectivity index (χ3n) is 4.72. The fourth-order valence-electron chi connectivity index (χ4n) is 3.36. The Morgan fingerprint density at radius 3 is 2.72 bits per heavy atom. The second-order valence-corrected chi connectivity index (χ2v) is 9.98. The van der Waals surface area contributed by atoms with Crippen molar-refractivity contribution in [2.45, 2.75) is 19.4 Å². The number of ether oxygens (including phenoxy) is 1. The topological polar surface area (TPSA) is 90.3 Å². The fourth-order valence-corrected chi connectivity index (χ4v) is 5.78. The van der Waals surface area contributed by atoms with E-state index in [-0.39, 0.29) is 29.1 Å². The first-order valence-electron chi connectivity index (χ1n) is 9.33. The molecule has 1 saturated heterocycles. The molecule has 3 heterocycles. The van der Waals surface area contributed by atoms with E-state index < -0.39 is 9.84 Å². The number of aromatic nitrogens is 2. The second kappa shape index (κ2) is 8.00. The zero-order valence-corrected chi connectivity index (χ0v) is 17.5. The predicted octanol–water partition coefficient (Wildman–Crippen LogP) is 3.62. The number of rotatable bonds is 6. The molecule has 0 aliphatic carbocycles. The number of sulfone groups is 1. The Morgan fingerprint density at radius 2 is 2.10 bits per heavy atom. The standard InChI is InChI=1S/C20H21N3O4S2/c1-2-27-16-7-5-14(6-8-16)21-20(24)17-12-18(19-4-3-10-28-19)23(22-17)15-9-11-29(25,26)13-15/h3-8,10,12,15H,2,9,11,13H2,1H3,(H,21,24)/t15-/m1/s1. The molecule has 1 amide bonds. The van der Waals surface area contributed by atoms with E-state index in [2.05, 4.69) is 10.4 Å². The SMILES string of the molecule is CCOc1ccc(NC(=O)c2cc(-c3cccs3)n([C@@H]3CCS(=O)(=O)C3)n2)cc1. The lowest BCUT2D eigenvalue weighted by atomic mass is 10.2. The molecule has 0 bridgehead atoms. The van der Waals surface area contributed by atoms with Crippen molar-refractivity contribution in [2.75, 3.05) is 23.4 Å². The summed E-state index contributed by atoms with van der Waals surface area (Å²) in [6.07, 6.45) is 0.502. The van der Waals surface area contributed by atoms with Crippen molar-refractivity contribution in [3.8, 4) is 16.3 Å². The van der Waals surface area contributed by atoms with Crippen LogP contribution in [0.5, 0.6) is 5.75 Å². The summed E-state index contributed by atoms with van der Waals surface area (Å²) in [6, 6.07) is 12.4. The minimum Gasteiger partial charge on any atom is -0.494 e. The number of carbonyl (C=O) groups excluding carboxylic acids is 1. The number of benzene rings is 1. The van der Waals surface area contributed by atoms with Gasteiger partial charge < -0.3 is 10.1 Å². The molecule has 7 nitrogen and oxygen atoms in total. The largest absolute Gasteiger partial charge is 0.494 e. The molecule has 1 N–H and O–H groups in total. The van der Waals surface area contributed by atoms with Gasteiger partial charge in [-0.15, -0.1) is 11.3 Å². The monoisotopic (exact) mass is 431 g/mol. The average molecular weight is 432 g/mol. The number of nitrogens with zero attached hydrogens (tertiary/aromatic N) is 2. The van der Waals surface area contributed by atoms with Crippen LogP contribution in [0.2, 0.25) is 0 Å². The maximum Gasteiger partial charge on any atom is 0.276 e. The molecule has 4 rings (SSSR count). The number of hydrogen-bond acceptors (Lipinski definition) is 6. The van der Waals surface area contributed by atoms with Crippen molar-refractivity contribution in [1.82, 2.24) is 9.78 Å². The third-order valence-corrected chi connectivity index (χ3v) is 7.36. The zero-order chi connectivity index (χ0) is 20.4. The van der Waals surface area contributed by atoms with Crippen molar-refractivity contribution in [2.24, 2.45) is 0 Å². The highest BCUT2D eigenvalue weighted by atomic mass is 32.2. The summed E-state index contributed by atoms with van der Waals surface area (Å²) in [6.45, 7) is 2.48. The number of hydrogen-bond donors (Lipinski definition) is 1. The van der Waals surface area contributed by atoms with E-state index in [9.17, 15) is 13.2 Å². The molecule has 1 fully saturated rings. The van der Waals surface area contributed by atoms with Crippen LogP contribution in [-0.2, 0) is 9.84 Å². The van der Waals surface area contributed by atoms with Gasteiger partial charge in [-0.05, 0) is 55.1 Å². The molecule has 0 spiro atoms. The Balaban J connectivity index is 1.60. The van der Waals surface area contributed by atoms with Crippen LogP contribution >= 0.6 is 11.3 Å². The molecule has 1 aliphatic rings. The summed E-state index contributed by atoms with van der Waals surface area (Å²) in [5, 5.41) is 9.26. The number of thiophene rings is 1. The Morgan fingerprint density at radius 1 is 1.31 bits per heavy atom. The smallest absolute Gasteiger partial charge is 0.276 e. The molecular formula is C20H21N3O4S2. The molecule has 0 saturated carbocycles. The Labute approximate surface area is 173 Å². The lowest BCUT2D eigenvalue weighted by Crippen LogP contribution is -2.16. The van der Waals surface area contributed by atoms with Crippen LogP contribution in [-0.4, -0.2) is 42.2 Å². The van der Waals surface area contributed by atoms with Gasteiger partial charge >= 0.3 is 0 Å². The van der Waals surface area contributed by atoms with Crippen LogP contribution in [0.1, 0.15) is 29.9 Å². The van der Waals surface area contributed by atoms with Crippen LogP contribution in [0.3, 0.4) is 0 Å². The van der Waals surface area contributed by atoms with Gasteiger partial charge in [-0.2, -0.15) is 5.10 Å². The average Bonchev–Trinajstić information content (AvgIpc) is 3.42. The molecule has 2 aromatic heterocycles. The summed E-state index contributed by atoms with van der Waals surface area (Å²) in [5.41, 5.74) is 1.65. The van der Waals surface area contributed by atoms with E-state index in [0.29, 0.717) is 18.7 Å². The number of anilines is 1. The van der Waals surface area contributed by atoms with Gasteiger partial charge in [0.05, 0.1) is 34.7 Å². The van der Waals surface area contributed by atoms with E-state index in [0.717, 1.165) is 16.3 Å². The van der Waals surface area contributed by atoms with Crippen LogP contribution in [0.4, 0.5) is 5.69 Å². The van der Waals surface area contributed by atoms with E-state index in [1.807, 2.05) is 24.4 Å². The number of nitrogens with one attached hydrogen (secondary N) is 1. The van der Waals surface area contributed by atoms with Crippen molar-refractivity contribution >= 4 is 32.8 Å². The van der Waals surface area contributed by atoms with E-state index in [1.54, 1.807) is 35.0 Å². The molecular weight excluding hydrogens is 410 g/mol.